The topological polar surface area (TPSA) is 51.0 Å². The van der Waals surface area contributed by atoms with Gasteiger partial charge >= 0.3 is 0 Å². The SMILES string of the molecule is Cc1nnc(SCC(=O)N(Cc2ccccc2)c2ccccc2)n1-c1ccccc1. The highest BCUT2D eigenvalue weighted by Gasteiger charge is 2.19. The third-order valence-electron chi connectivity index (χ3n) is 4.69. The summed E-state index contributed by atoms with van der Waals surface area (Å²) < 4.78 is 1.97. The molecule has 1 aromatic heterocycles. The molecule has 4 rings (SSSR count). The predicted molar refractivity (Wildman–Crippen MR) is 121 cm³/mol. The molecule has 0 aliphatic carbocycles. The van der Waals surface area contributed by atoms with E-state index in [9.17, 15) is 4.79 Å². The first-order chi connectivity index (χ1) is 14.7. The van der Waals surface area contributed by atoms with Gasteiger partial charge in [0.1, 0.15) is 5.82 Å². The minimum atomic E-state index is 0.0234. The largest absolute Gasteiger partial charge is 0.307 e. The van der Waals surface area contributed by atoms with Gasteiger partial charge in [0.15, 0.2) is 5.16 Å². The Bertz CT molecular complexity index is 1100. The van der Waals surface area contributed by atoms with E-state index in [4.69, 9.17) is 0 Å². The van der Waals surface area contributed by atoms with E-state index >= 15 is 0 Å². The molecule has 0 N–H and O–H groups in total. The standard InChI is InChI=1S/C24H22N4OS/c1-19-25-26-24(28(19)22-15-9-4-10-16-22)30-18-23(29)27(21-13-7-3-8-14-21)17-20-11-5-2-6-12-20/h2-16H,17-18H2,1H3. The number of aromatic nitrogens is 3. The van der Waals surface area contributed by atoms with Gasteiger partial charge in [0.25, 0.3) is 0 Å². The summed E-state index contributed by atoms with van der Waals surface area (Å²) in [5.41, 5.74) is 2.95. The Hall–Kier alpha value is -3.38. The zero-order valence-corrected chi connectivity index (χ0v) is 17.5. The molecule has 1 heterocycles. The molecule has 0 fully saturated rings. The molecule has 0 atom stereocenters. The predicted octanol–water partition coefficient (Wildman–Crippen LogP) is 4.90. The lowest BCUT2D eigenvalue weighted by molar-refractivity contribution is -0.116. The molecule has 0 aliphatic rings. The molecule has 1 amide bonds. The van der Waals surface area contributed by atoms with Crippen molar-refractivity contribution in [3.8, 4) is 5.69 Å². The van der Waals surface area contributed by atoms with E-state index in [1.165, 1.54) is 11.8 Å². The van der Waals surface area contributed by atoms with Crippen molar-refractivity contribution in [2.24, 2.45) is 0 Å². The molecule has 3 aromatic carbocycles. The van der Waals surface area contributed by atoms with Gasteiger partial charge in [0, 0.05) is 11.4 Å². The number of carbonyl (C=O) groups is 1. The van der Waals surface area contributed by atoms with Gasteiger partial charge < -0.3 is 4.90 Å². The second kappa shape index (κ2) is 9.41. The summed E-state index contributed by atoms with van der Waals surface area (Å²) >= 11 is 1.40. The van der Waals surface area contributed by atoms with Crippen LogP contribution in [0.15, 0.2) is 96.2 Å². The first-order valence-electron chi connectivity index (χ1n) is 9.72. The highest BCUT2D eigenvalue weighted by Crippen LogP contribution is 2.24. The summed E-state index contributed by atoms with van der Waals surface area (Å²) in [7, 11) is 0. The van der Waals surface area contributed by atoms with Crippen molar-refractivity contribution in [2.45, 2.75) is 18.6 Å². The maximum Gasteiger partial charge on any atom is 0.237 e. The van der Waals surface area contributed by atoms with E-state index in [-0.39, 0.29) is 11.7 Å². The van der Waals surface area contributed by atoms with Crippen LogP contribution in [0.5, 0.6) is 0 Å². The summed E-state index contributed by atoms with van der Waals surface area (Å²) in [5, 5.41) is 9.20. The normalized spacial score (nSPS) is 10.7. The maximum atomic E-state index is 13.2. The van der Waals surface area contributed by atoms with Crippen LogP contribution in [0.1, 0.15) is 11.4 Å². The third-order valence-corrected chi connectivity index (χ3v) is 5.60. The molecule has 0 saturated heterocycles. The second-order valence-corrected chi connectivity index (χ2v) is 7.73. The number of hydrogen-bond donors (Lipinski definition) is 0. The molecule has 6 heteroatoms. The van der Waals surface area contributed by atoms with Crippen molar-refractivity contribution < 1.29 is 4.79 Å². The monoisotopic (exact) mass is 414 g/mol. The number of nitrogens with zero attached hydrogens (tertiary/aromatic N) is 4. The Morgan fingerprint density at radius 1 is 0.867 bits per heavy atom. The molecule has 0 spiro atoms. The highest BCUT2D eigenvalue weighted by molar-refractivity contribution is 7.99. The van der Waals surface area contributed by atoms with E-state index in [1.54, 1.807) is 0 Å². The van der Waals surface area contributed by atoms with Crippen molar-refractivity contribution in [1.82, 2.24) is 14.8 Å². The number of rotatable bonds is 7. The molecule has 5 nitrogen and oxygen atoms in total. The maximum absolute atomic E-state index is 13.2. The van der Waals surface area contributed by atoms with Crippen molar-refractivity contribution in [3.63, 3.8) is 0 Å². The van der Waals surface area contributed by atoms with E-state index in [0.717, 1.165) is 22.8 Å². The fourth-order valence-corrected chi connectivity index (χ4v) is 4.09. The molecule has 0 radical (unpaired) electrons. The molecule has 30 heavy (non-hydrogen) atoms. The number of benzene rings is 3. The van der Waals surface area contributed by atoms with E-state index in [1.807, 2.05) is 107 Å². The van der Waals surface area contributed by atoms with Crippen molar-refractivity contribution in [3.05, 3.63) is 102 Å². The second-order valence-electron chi connectivity index (χ2n) is 6.79. The number of anilines is 1. The number of thioether (sulfide) groups is 1. The minimum absolute atomic E-state index is 0.0234. The first-order valence-corrected chi connectivity index (χ1v) is 10.7. The number of para-hydroxylation sites is 2. The van der Waals surface area contributed by atoms with Gasteiger partial charge in [0.05, 0.1) is 12.3 Å². The zero-order chi connectivity index (χ0) is 20.8. The van der Waals surface area contributed by atoms with Crippen molar-refractivity contribution in [1.29, 1.82) is 0 Å². The van der Waals surface area contributed by atoms with E-state index in [0.29, 0.717) is 11.7 Å². The van der Waals surface area contributed by atoms with Gasteiger partial charge in [-0.2, -0.15) is 0 Å². The summed E-state index contributed by atoms with van der Waals surface area (Å²) in [5.74, 6) is 1.09. The lowest BCUT2D eigenvalue weighted by atomic mass is 10.2. The number of aryl methyl sites for hydroxylation is 1. The Morgan fingerprint density at radius 2 is 1.47 bits per heavy atom. The highest BCUT2D eigenvalue weighted by atomic mass is 32.2. The van der Waals surface area contributed by atoms with Crippen LogP contribution in [-0.4, -0.2) is 26.4 Å². The fourth-order valence-electron chi connectivity index (χ4n) is 3.21. The number of hydrogen-bond acceptors (Lipinski definition) is 4. The summed E-state index contributed by atoms with van der Waals surface area (Å²) in [6, 6.07) is 29.7. The third kappa shape index (κ3) is 4.60. The van der Waals surface area contributed by atoms with Crippen LogP contribution in [0.4, 0.5) is 5.69 Å². The van der Waals surface area contributed by atoms with E-state index < -0.39 is 0 Å². The molecule has 0 saturated carbocycles. The van der Waals surface area contributed by atoms with Crippen molar-refractivity contribution >= 4 is 23.4 Å². The van der Waals surface area contributed by atoms with Gasteiger partial charge in [0.2, 0.25) is 5.91 Å². The average molecular weight is 415 g/mol. The Labute approximate surface area is 180 Å². The smallest absolute Gasteiger partial charge is 0.237 e. The van der Waals surface area contributed by atoms with Crippen LogP contribution in [0, 0.1) is 6.92 Å². The van der Waals surface area contributed by atoms with Crippen LogP contribution in [0.25, 0.3) is 5.69 Å². The van der Waals surface area contributed by atoms with Crippen LogP contribution in [0.2, 0.25) is 0 Å². The summed E-state index contributed by atoms with van der Waals surface area (Å²) in [6.45, 7) is 2.44. The van der Waals surface area contributed by atoms with Gasteiger partial charge in [-0.05, 0) is 36.8 Å². The Balaban J connectivity index is 1.54. The molecule has 0 aliphatic heterocycles. The number of carbonyl (C=O) groups excluding carboxylic acids is 1. The summed E-state index contributed by atoms with van der Waals surface area (Å²) in [6.07, 6.45) is 0. The zero-order valence-electron chi connectivity index (χ0n) is 16.7. The van der Waals surface area contributed by atoms with Crippen molar-refractivity contribution in [2.75, 3.05) is 10.7 Å². The minimum Gasteiger partial charge on any atom is -0.307 e. The Morgan fingerprint density at radius 3 is 2.13 bits per heavy atom. The lowest BCUT2D eigenvalue weighted by Gasteiger charge is -2.23. The fraction of sp³-hybridized carbons (Fsp3) is 0.125. The van der Waals surface area contributed by atoms with Crippen LogP contribution in [0.3, 0.4) is 0 Å². The molecule has 0 bridgehead atoms. The molecule has 0 unspecified atom stereocenters. The van der Waals surface area contributed by atoms with Crippen LogP contribution < -0.4 is 4.90 Å². The lowest BCUT2D eigenvalue weighted by Crippen LogP contribution is -2.32. The molecule has 150 valence electrons. The average Bonchev–Trinajstić information content (AvgIpc) is 3.18. The molecular formula is C24H22N4OS. The Kier molecular flexibility index (Phi) is 6.25. The van der Waals surface area contributed by atoms with Gasteiger partial charge in [-0.15, -0.1) is 10.2 Å². The van der Waals surface area contributed by atoms with E-state index in [2.05, 4.69) is 10.2 Å². The number of amides is 1. The first kappa shape index (κ1) is 19.9. The van der Waals surface area contributed by atoms with Crippen LogP contribution in [-0.2, 0) is 11.3 Å². The van der Waals surface area contributed by atoms with Crippen LogP contribution >= 0.6 is 11.8 Å². The summed E-state index contributed by atoms with van der Waals surface area (Å²) in [4.78, 5) is 15.0. The quantitative estimate of drug-likeness (QED) is 0.404. The van der Waals surface area contributed by atoms with Gasteiger partial charge in [-0.25, -0.2) is 0 Å². The van der Waals surface area contributed by atoms with Gasteiger partial charge in [-0.1, -0.05) is 78.5 Å². The molecular weight excluding hydrogens is 392 g/mol. The molecule has 4 aromatic rings. The van der Waals surface area contributed by atoms with Gasteiger partial charge in [-0.3, -0.25) is 9.36 Å².